The Bertz CT molecular complexity index is 646. The Labute approximate surface area is 148 Å². The molecule has 2 atom stereocenters. The van der Waals surface area contributed by atoms with Crippen LogP contribution in [0.2, 0.25) is 0 Å². The van der Waals surface area contributed by atoms with Crippen molar-refractivity contribution in [1.82, 2.24) is 10.9 Å². The van der Waals surface area contributed by atoms with E-state index in [1.165, 1.54) is 0 Å². The van der Waals surface area contributed by atoms with Crippen molar-refractivity contribution in [3.05, 3.63) is 35.4 Å². The van der Waals surface area contributed by atoms with E-state index in [1.54, 1.807) is 12.1 Å². The summed E-state index contributed by atoms with van der Waals surface area (Å²) in [6, 6.07) is 7.20. The smallest absolute Gasteiger partial charge is 0.307 e. The highest BCUT2D eigenvalue weighted by molar-refractivity contribution is 5.96. The third-order valence-corrected chi connectivity index (χ3v) is 4.73. The number of benzene rings is 1. The van der Waals surface area contributed by atoms with Crippen molar-refractivity contribution in [2.75, 3.05) is 0 Å². The molecule has 1 aliphatic carbocycles. The Kier molecular flexibility index (Phi) is 5.82. The maximum absolute atomic E-state index is 12.2. The number of rotatable bonds is 3. The highest BCUT2D eigenvalue weighted by Crippen LogP contribution is 2.30. The molecule has 6 heteroatoms. The molecule has 0 heterocycles. The van der Waals surface area contributed by atoms with Crippen molar-refractivity contribution < 1.29 is 19.5 Å². The third-order valence-electron chi connectivity index (χ3n) is 4.73. The summed E-state index contributed by atoms with van der Waals surface area (Å²) in [6.07, 6.45) is 2.66. The quantitative estimate of drug-likeness (QED) is 0.733. The number of nitrogens with one attached hydrogen (secondary N) is 2. The Morgan fingerprint density at radius 2 is 1.52 bits per heavy atom. The van der Waals surface area contributed by atoms with Crippen molar-refractivity contribution in [3.8, 4) is 0 Å². The maximum Gasteiger partial charge on any atom is 0.307 e. The normalized spacial score (nSPS) is 20.6. The molecule has 6 nitrogen and oxygen atoms in total. The first-order valence-corrected chi connectivity index (χ1v) is 8.63. The van der Waals surface area contributed by atoms with Crippen LogP contribution in [0, 0.1) is 11.8 Å². The van der Waals surface area contributed by atoms with Gasteiger partial charge in [-0.2, -0.15) is 0 Å². The second kappa shape index (κ2) is 7.68. The van der Waals surface area contributed by atoms with Gasteiger partial charge in [0.1, 0.15) is 0 Å². The molecule has 2 unspecified atom stereocenters. The fourth-order valence-electron chi connectivity index (χ4n) is 3.15. The molecular formula is C19H26N2O4. The number of carboxylic acids is 1. The number of hydrogen-bond acceptors (Lipinski definition) is 3. The van der Waals surface area contributed by atoms with Crippen LogP contribution in [0.4, 0.5) is 0 Å². The minimum Gasteiger partial charge on any atom is -0.481 e. The summed E-state index contributed by atoms with van der Waals surface area (Å²) in [5, 5.41) is 9.24. The van der Waals surface area contributed by atoms with Gasteiger partial charge in [0, 0.05) is 5.56 Å². The van der Waals surface area contributed by atoms with Gasteiger partial charge >= 0.3 is 5.97 Å². The molecule has 1 saturated carbocycles. The Morgan fingerprint density at radius 1 is 0.960 bits per heavy atom. The summed E-state index contributed by atoms with van der Waals surface area (Å²) in [6.45, 7) is 6.27. The summed E-state index contributed by atoms with van der Waals surface area (Å²) in [7, 11) is 0. The van der Waals surface area contributed by atoms with E-state index in [0.29, 0.717) is 18.4 Å². The minimum absolute atomic E-state index is 0.00392. The molecule has 136 valence electrons. The average molecular weight is 346 g/mol. The van der Waals surface area contributed by atoms with E-state index < -0.39 is 29.6 Å². The van der Waals surface area contributed by atoms with Crippen LogP contribution in [-0.2, 0) is 15.0 Å². The molecule has 1 aliphatic rings. The Balaban J connectivity index is 1.94. The Morgan fingerprint density at radius 3 is 2.04 bits per heavy atom. The van der Waals surface area contributed by atoms with E-state index in [1.807, 2.05) is 12.1 Å². The van der Waals surface area contributed by atoms with Crippen molar-refractivity contribution in [1.29, 1.82) is 0 Å². The molecule has 1 aromatic carbocycles. The second-order valence-corrected chi connectivity index (χ2v) is 7.61. The third kappa shape index (κ3) is 4.81. The molecule has 2 rings (SSSR count). The molecule has 1 fully saturated rings. The van der Waals surface area contributed by atoms with Gasteiger partial charge in [-0.3, -0.25) is 25.2 Å². The van der Waals surface area contributed by atoms with E-state index in [0.717, 1.165) is 18.4 Å². The molecule has 0 bridgehead atoms. The number of aliphatic carboxylic acids is 1. The lowest BCUT2D eigenvalue weighted by Gasteiger charge is -2.27. The predicted molar refractivity (Wildman–Crippen MR) is 93.8 cm³/mol. The van der Waals surface area contributed by atoms with Crippen LogP contribution in [0.15, 0.2) is 24.3 Å². The fourth-order valence-corrected chi connectivity index (χ4v) is 3.15. The number of hydrogen-bond donors (Lipinski definition) is 3. The molecule has 0 aliphatic heterocycles. The first kappa shape index (κ1) is 19.0. The average Bonchev–Trinajstić information content (AvgIpc) is 2.58. The first-order valence-electron chi connectivity index (χ1n) is 8.63. The van der Waals surface area contributed by atoms with E-state index in [-0.39, 0.29) is 5.41 Å². The number of amides is 2. The van der Waals surface area contributed by atoms with Gasteiger partial charge in [0.2, 0.25) is 5.91 Å². The second-order valence-electron chi connectivity index (χ2n) is 7.61. The predicted octanol–water partition coefficient (Wildman–Crippen LogP) is 2.64. The summed E-state index contributed by atoms with van der Waals surface area (Å²) < 4.78 is 0. The lowest BCUT2D eigenvalue weighted by Crippen LogP contribution is -2.47. The van der Waals surface area contributed by atoms with E-state index in [4.69, 9.17) is 0 Å². The van der Waals surface area contributed by atoms with E-state index in [9.17, 15) is 19.5 Å². The minimum atomic E-state index is -0.955. The van der Waals surface area contributed by atoms with Gasteiger partial charge in [0.05, 0.1) is 11.8 Å². The van der Waals surface area contributed by atoms with Crippen LogP contribution in [0.3, 0.4) is 0 Å². The van der Waals surface area contributed by atoms with E-state index in [2.05, 4.69) is 31.6 Å². The van der Waals surface area contributed by atoms with Crippen molar-refractivity contribution in [2.45, 2.75) is 51.9 Å². The van der Waals surface area contributed by atoms with Crippen LogP contribution >= 0.6 is 0 Å². The van der Waals surface area contributed by atoms with Crippen LogP contribution < -0.4 is 10.9 Å². The number of carbonyl (C=O) groups is 3. The largest absolute Gasteiger partial charge is 0.481 e. The highest BCUT2D eigenvalue weighted by atomic mass is 16.4. The SMILES string of the molecule is CC(C)(C)c1ccc(C(=O)NNC(=O)C2CCCCC2C(=O)O)cc1. The number of carbonyl (C=O) groups excluding carboxylic acids is 2. The standard InChI is InChI=1S/C19H26N2O4/c1-19(2,3)13-10-8-12(9-11-13)16(22)20-21-17(23)14-6-4-5-7-15(14)18(24)25/h8-11,14-15H,4-7H2,1-3H3,(H,20,22)(H,21,23)(H,24,25). The van der Waals surface area contributed by atoms with Gasteiger partial charge in [-0.1, -0.05) is 45.7 Å². The van der Waals surface area contributed by atoms with Crippen LogP contribution in [0.5, 0.6) is 0 Å². The van der Waals surface area contributed by atoms with Gasteiger partial charge < -0.3 is 5.11 Å². The molecule has 0 saturated heterocycles. The molecule has 25 heavy (non-hydrogen) atoms. The van der Waals surface area contributed by atoms with Gasteiger partial charge in [0.15, 0.2) is 0 Å². The van der Waals surface area contributed by atoms with Gasteiger partial charge in [0.25, 0.3) is 5.91 Å². The van der Waals surface area contributed by atoms with Crippen molar-refractivity contribution in [2.24, 2.45) is 11.8 Å². The lowest BCUT2D eigenvalue weighted by molar-refractivity contribution is -0.149. The van der Waals surface area contributed by atoms with Crippen molar-refractivity contribution >= 4 is 17.8 Å². The fraction of sp³-hybridized carbons (Fsp3) is 0.526. The topological polar surface area (TPSA) is 95.5 Å². The zero-order valence-corrected chi connectivity index (χ0v) is 15.0. The molecule has 3 N–H and O–H groups in total. The zero-order chi connectivity index (χ0) is 18.6. The summed E-state index contributed by atoms with van der Waals surface area (Å²) in [5.41, 5.74) is 6.30. The molecule has 0 aromatic heterocycles. The summed E-state index contributed by atoms with van der Waals surface area (Å²) >= 11 is 0. The Hall–Kier alpha value is -2.37. The lowest BCUT2D eigenvalue weighted by atomic mass is 9.79. The monoisotopic (exact) mass is 346 g/mol. The highest BCUT2D eigenvalue weighted by Gasteiger charge is 2.35. The molecule has 1 aromatic rings. The maximum atomic E-state index is 12.2. The van der Waals surface area contributed by atoms with Crippen LogP contribution in [0.25, 0.3) is 0 Å². The molecule has 0 radical (unpaired) electrons. The zero-order valence-electron chi connectivity index (χ0n) is 15.0. The van der Waals surface area contributed by atoms with Gasteiger partial charge in [-0.15, -0.1) is 0 Å². The van der Waals surface area contributed by atoms with Gasteiger partial charge in [-0.05, 0) is 36.0 Å². The van der Waals surface area contributed by atoms with Crippen LogP contribution in [0.1, 0.15) is 62.4 Å². The van der Waals surface area contributed by atoms with Gasteiger partial charge in [-0.25, -0.2) is 0 Å². The van der Waals surface area contributed by atoms with Crippen LogP contribution in [-0.4, -0.2) is 22.9 Å². The number of hydrazine groups is 1. The molecule has 0 spiro atoms. The number of carboxylic acid groups (broad SMARTS) is 1. The van der Waals surface area contributed by atoms with E-state index >= 15 is 0 Å². The summed E-state index contributed by atoms with van der Waals surface area (Å²) in [5.74, 6) is -3.10. The first-order chi connectivity index (χ1) is 11.7. The van der Waals surface area contributed by atoms with Crippen molar-refractivity contribution in [3.63, 3.8) is 0 Å². The summed E-state index contributed by atoms with van der Waals surface area (Å²) in [4.78, 5) is 35.7. The molecular weight excluding hydrogens is 320 g/mol. The molecule has 2 amide bonds.